The minimum absolute atomic E-state index is 0.489. The van der Waals surface area contributed by atoms with Crippen LogP contribution in [0.5, 0.6) is 5.75 Å². The van der Waals surface area contributed by atoms with Crippen LogP contribution >= 0.6 is 11.6 Å². The number of halogens is 1. The minimum atomic E-state index is -0.489. The van der Waals surface area contributed by atoms with Crippen molar-refractivity contribution in [3.8, 4) is 11.8 Å². The molecule has 0 bridgehead atoms. The summed E-state index contributed by atoms with van der Waals surface area (Å²) in [6.45, 7) is 0.504. The second-order valence-electron chi connectivity index (χ2n) is 3.18. The monoisotopic (exact) mass is 224 g/mol. The van der Waals surface area contributed by atoms with Crippen molar-refractivity contribution in [1.82, 2.24) is 0 Å². The van der Waals surface area contributed by atoms with Crippen LogP contribution in [-0.4, -0.2) is 26.1 Å². The third kappa shape index (κ3) is 3.34. The van der Waals surface area contributed by atoms with Gasteiger partial charge < -0.3 is 9.64 Å². The van der Waals surface area contributed by atoms with Gasteiger partial charge in [0.05, 0.1) is 13.2 Å². The van der Waals surface area contributed by atoms with E-state index in [1.807, 2.05) is 42.3 Å². The molecule has 1 rings (SSSR count). The lowest BCUT2D eigenvalue weighted by atomic mass is 10.2. The fourth-order valence-corrected chi connectivity index (χ4v) is 1.43. The van der Waals surface area contributed by atoms with Crippen molar-refractivity contribution in [1.29, 1.82) is 5.26 Å². The number of nitrogens with zero attached hydrogens (tertiary/aromatic N) is 2. The standard InChI is InChI=1S/C11H13ClN2O/c1-14(8-9(12)7-13)10-3-5-11(15-2)6-4-10/h3-6,9H,8H2,1-2H3. The Bertz CT molecular complexity index is 345. The molecule has 0 aliphatic heterocycles. The van der Waals surface area contributed by atoms with Crippen LogP contribution in [0.3, 0.4) is 0 Å². The number of hydrogen-bond donors (Lipinski definition) is 0. The Morgan fingerprint density at radius 1 is 1.47 bits per heavy atom. The van der Waals surface area contributed by atoms with Gasteiger partial charge in [0.25, 0.3) is 0 Å². The molecule has 1 unspecified atom stereocenters. The van der Waals surface area contributed by atoms with Gasteiger partial charge >= 0.3 is 0 Å². The van der Waals surface area contributed by atoms with Crippen molar-refractivity contribution >= 4 is 17.3 Å². The number of benzene rings is 1. The maximum atomic E-state index is 8.58. The summed E-state index contributed by atoms with van der Waals surface area (Å²) in [6.07, 6.45) is 0. The van der Waals surface area contributed by atoms with Gasteiger partial charge in [0.15, 0.2) is 0 Å². The van der Waals surface area contributed by atoms with E-state index in [1.165, 1.54) is 0 Å². The highest BCUT2D eigenvalue weighted by molar-refractivity contribution is 6.22. The fraction of sp³-hybridized carbons (Fsp3) is 0.364. The first kappa shape index (κ1) is 11.7. The largest absolute Gasteiger partial charge is 0.497 e. The first-order valence-electron chi connectivity index (χ1n) is 4.56. The molecule has 0 spiro atoms. The molecule has 0 saturated heterocycles. The normalized spacial score (nSPS) is 11.6. The topological polar surface area (TPSA) is 36.3 Å². The first-order chi connectivity index (χ1) is 7.17. The van der Waals surface area contributed by atoms with Gasteiger partial charge in [-0.25, -0.2) is 0 Å². The highest BCUT2D eigenvalue weighted by Crippen LogP contribution is 2.18. The quantitative estimate of drug-likeness (QED) is 0.737. The summed E-state index contributed by atoms with van der Waals surface area (Å²) in [6, 6.07) is 9.60. The molecular weight excluding hydrogens is 212 g/mol. The molecule has 1 aromatic carbocycles. The summed E-state index contributed by atoms with van der Waals surface area (Å²) < 4.78 is 5.05. The number of hydrogen-bond acceptors (Lipinski definition) is 3. The van der Waals surface area contributed by atoms with Crippen molar-refractivity contribution in [2.45, 2.75) is 5.38 Å². The summed E-state index contributed by atoms with van der Waals surface area (Å²) in [7, 11) is 3.53. The molecule has 0 aromatic heterocycles. The molecule has 0 fully saturated rings. The first-order valence-corrected chi connectivity index (χ1v) is 5.00. The zero-order valence-electron chi connectivity index (χ0n) is 8.77. The van der Waals surface area contributed by atoms with Crippen molar-refractivity contribution in [2.75, 3.05) is 25.6 Å². The van der Waals surface area contributed by atoms with Crippen LogP contribution in [0, 0.1) is 11.3 Å². The van der Waals surface area contributed by atoms with Gasteiger partial charge in [-0.05, 0) is 24.3 Å². The Hall–Kier alpha value is -1.40. The molecule has 15 heavy (non-hydrogen) atoms. The lowest BCUT2D eigenvalue weighted by Crippen LogP contribution is -2.24. The number of anilines is 1. The number of nitriles is 1. The summed E-state index contributed by atoms with van der Waals surface area (Å²) in [5.41, 5.74) is 1.01. The Balaban J connectivity index is 2.66. The molecule has 3 nitrogen and oxygen atoms in total. The van der Waals surface area contributed by atoms with E-state index in [0.717, 1.165) is 11.4 Å². The molecule has 80 valence electrons. The maximum absolute atomic E-state index is 8.58. The summed E-state index contributed by atoms with van der Waals surface area (Å²) in [5, 5.41) is 8.10. The van der Waals surface area contributed by atoms with Crippen molar-refractivity contribution < 1.29 is 4.74 Å². The number of methoxy groups -OCH3 is 1. The number of alkyl halides is 1. The van der Waals surface area contributed by atoms with Gasteiger partial charge in [-0.2, -0.15) is 5.26 Å². The van der Waals surface area contributed by atoms with Crippen LogP contribution in [0.4, 0.5) is 5.69 Å². The van der Waals surface area contributed by atoms with Gasteiger partial charge in [0, 0.05) is 19.3 Å². The third-order valence-corrected chi connectivity index (χ3v) is 2.32. The molecule has 0 amide bonds. The summed E-state index contributed by atoms with van der Waals surface area (Å²) >= 11 is 5.74. The van der Waals surface area contributed by atoms with Crippen LogP contribution in [0.1, 0.15) is 0 Å². The lowest BCUT2D eigenvalue weighted by Gasteiger charge is -2.19. The van der Waals surface area contributed by atoms with E-state index in [2.05, 4.69) is 0 Å². The molecule has 1 aromatic rings. The molecule has 0 aliphatic rings. The van der Waals surface area contributed by atoms with Crippen molar-refractivity contribution in [2.24, 2.45) is 0 Å². The van der Waals surface area contributed by atoms with Gasteiger partial charge in [0.2, 0.25) is 0 Å². The van der Waals surface area contributed by atoms with Gasteiger partial charge in [-0.15, -0.1) is 11.6 Å². The van der Waals surface area contributed by atoms with E-state index in [4.69, 9.17) is 21.6 Å². The van der Waals surface area contributed by atoms with Crippen LogP contribution in [0.15, 0.2) is 24.3 Å². The molecule has 0 aliphatic carbocycles. The van der Waals surface area contributed by atoms with Crippen LogP contribution in [-0.2, 0) is 0 Å². The Labute approximate surface area is 94.8 Å². The van der Waals surface area contributed by atoms with Gasteiger partial charge in [-0.1, -0.05) is 0 Å². The van der Waals surface area contributed by atoms with Crippen LogP contribution in [0.2, 0.25) is 0 Å². The molecule has 1 atom stereocenters. The van der Waals surface area contributed by atoms with Gasteiger partial charge in [-0.3, -0.25) is 0 Å². The molecule has 4 heteroatoms. The van der Waals surface area contributed by atoms with E-state index in [1.54, 1.807) is 7.11 Å². The molecule has 0 radical (unpaired) electrons. The summed E-state index contributed by atoms with van der Waals surface area (Å²) in [4.78, 5) is 1.93. The van der Waals surface area contributed by atoms with Crippen molar-refractivity contribution in [3.63, 3.8) is 0 Å². The predicted octanol–water partition coefficient (Wildman–Crippen LogP) is 2.26. The third-order valence-electron chi connectivity index (χ3n) is 2.09. The second-order valence-corrected chi connectivity index (χ2v) is 3.70. The SMILES string of the molecule is COc1ccc(N(C)CC(Cl)C#N)cc1. The Morgan fingerprint density at radius 2 is 2.07 bits per heavy atom. The van der Waals surface area contributed by atoms with Gasteiger partial charge in [0.1, 0.15) is 11.1 Å². The average Bonchev–Trinajstić information content (AvgIpc) is 2.29. The van der Waals surface area contributed by atoms with Crippen LogP contribution in [0.25, 0.3) is 0 Å². The number of ether oxygens (including phenoxy) is 1. The van der Waals surface area contributed by atoms with E-state index in [9.17, 15) is 0 Å². The van der Waals surface area contributed by atoms with E-state index in [-0.39, 0.29) is 0 Å². The van der Waals surface area contributed by atoms with E-state index in [0.29, 0.717) is 6.54 Å². The average molecular weight is 225 g/mol. The zero-order chi connectivity index (χ0) is 11.3. The Morgan fingerprint density at radius 3 is 2.53 bits per heavy atom. The van der Waals surface area contributed by atoms with Crippen LogP contribution < -0.4 is 9.64 Å². The van der Waals surface area contributed by atoms with Crippen molar-refractivity contribution in [3.05, 3.63) is 24.3 Å². The maximum Gasteiger partial charge on any atom is 0.137 e. The predicted molar refractivity (Wildman–Crippen MR) is 61.5 cm³/mol. The molecule has 0 N–H and O–H groups in total. The van der Waals surface area contributed by atoms with E-state index < -0.39 is 5.38 Å². The number of rotatable bonds is 4. The fourth-order valence-electron chi connectivity index (χ4n) is 1.22. The molecule has 0 saturated carbocycles. The van der Waals surface area contributed by atoms with E-state index >= 15 is 0 Å². The minimum Gasteiger partial charge on any atom is -0.497 e. The summed E-state index contributed by atoms with van der Waals surface area (Å²) in [5.74, 6) is 0.815. The lowest BCUT2D eigenvalue weighted by molar-refractivity contribution is 0.415. The zero-order valence-corrected chi connectivity index (χ0v) is 9.53. The smallest absolute Gasteiger partial charge is 0.137 e. The molecular formula is C11H13ClN2O. The highest BCUT2D eigenvalue weighted by Gasteiger charge is 2.07. The Kier molecular flexibility index (Phi) is 4.26. The second kappa shape index (κ2) is 5.47. The molecule has 0 heterocycles. The highest BCUT2D eigenvalue weighted by atomic mass is 35.5.